The number of rotatable bonds is 4. The molecule has 0 saturated carbocycles. The number of aromatic nitrogens is 3. The molecule has 94 valence electrons. The molecule has 8 heteroatoms. The van der Waals surface area contributed by atoms with E-state index < -0.39 is 4.92 Å². The van der Waals surface area contributed by atoms with Crippen LogP contribution in [0.25, 0.3) is 0 Å². The van der Waals surface area contributed by atoms with Crippen LogP contribution >= 0.6 is 11.6 Å². The predicted molar refractivity (Wildman–Crippen MR) is 66.4 cm³/mol. The normalized spacial score (nSPS) is 10.3. The molecule has 0 fully saturated rings. The van der Waals surface area contributed by atoms with Crippen LogP contribution in [0.1, 0.15) is 5.69 Å². The van der Waals surface area contributed by atoms with Crippen molar-refractivity contribution in [2.75, 3.05) is 5.32 Å². The number of anilines is 1. The SMILES string of the molecule is Cn1nncc1CNc1ccc([N+](=O)[O-])cc1Cl. The largest absolute Gasteiger partial charge is 0.378 e. The minimum Gasteiger partial charge on any atom is -0.378 e. The Morgan fingerprint density at radius 3 is 2.89 bits per heavy atom. The third-order valence-corrected chi connectivity index (χ3v) is 2.74. The molecule has 1 aromatic carbocycles. The highest BCUT2D eigenvalue weighted by Gasteiger charge is 2.09. The van der Waals surface area contributed by atoms with Crippen LogP contribution in [-0.2, 0) is 13.6 Å². The van der Waals surface area contributed by atoms with Crippen LogP contribution in [0.4, 0.5) is 11.4 Å². The molecule has 0 aliphatic carbocycles. The zero-order valence-electron chi connectivity index (χ0n) is 9.50. The fraction of sp³-hybridized carbons (Fsp3) is 0.200. The molecule has 0 saturated heterocycles. The Morgan fingerprint density at radius 1 is 1.56 bits per heavy atom. The molecule has 0 amide bonds. The molecule has 0 aliphatic rings. The van der Waals surface area contributed by atoms with Gasteiger partial charge < -0.3 is 5.32 Å². The molecule has 7 nitrogen and oxygen atoms in total. The van der Waals surface area contributed by atoms with Gasteiger partial charge in [0.25, 0.3) is 5.69 Å². The Kier molecular flexibility index (Phi) is 3.42. The number of hydrogen-bond donors (Lipinski definition) is 1. The quantitative estimate of drug-likeness (QED) is 0.676. The summed E-state index contributed by atoms with van der Waals surface area (Å²) in [7, 11) is 1.78. The van der Waals surface area contributed by atoms with Crippen molar-refractivity contribution in [1.82, 2.24) is 15.0 Å². The maximum atomic E-state index is 10.6. The van der Waals surface area contributed by atoms with Crippen molar-refractivity contribution in [1.29, 1.82) is 0 Å². The van der Waals surface area contributed by atoms with E-state index >= 15 is 0 Å². The summed E-state index contributed by atoms with van der Waals surface area (Å²) in [4.78, 5) is 10.1. The maximum Gasteiger partial charge on any atom is 0.271 e. The molecule has 18 heavy (non-hydrogen) atoms. The number of nitro groups is 1. The fourth-order valence-electron chi connectivity index (χ4n) is 1.42. The van der Waals surface area contributed by atoms with Gasteiger partial charge in [0, 0.05) is 19.2 Å². The molecule has 2 aromatic rings. The second-order valence-corrected chi connectivity index (χ2v) is 4.03. The first-order valence-electron chi connectivity index (χ1n) is 5.09. The highest BCUT2D eigenvalue weighted by Crippen LogP contribution is 2.26. The lowest BCUT2D eigenvalue weighted by Gasteiger charge is -2.07. The topological polar surface area (TPSA) is 85.9 Å². The van der Waals surface area contributed by atoms with Gasteiger partial charge in [-0.25, -0.2) is 0 Å². The molecular formula is C10H10ClN5O2. The summed E-state index contributed by atoms with van der Waals surface area (Å²) in [5.41, 5.74) is 1.47. The first-order valence-corrected chi connectivity index (χ1v) is 5.47. The minimum atomic E-state index is -0.485. The van der Waals surface area contributed by atoms with Gasteiger partial charge in [0.05, 0.1) is 34.1 Å². The summed E-state index contributed by atoms with van der Waals surface area (Å²) in [6.07, 6.45) is 1.63. The van der Waals surface area contributed by atoms with Crippen LogP contribution in [0.15, 0.2) is 24.4 Å². The monoisotopic (exact) mass is 267 g/mol. The van der Waals surface area contributed by atoms with E-state index in [0.717, 1.165) is 5.69 Å². The summed E-state index contributed by atoms with van der Waals surface area (Å²) < 4.78 is 1.63. The summed E-state index contributed by atoms with van der Waals surface area (Å²) in [5.74, 6) is 0. The number of non-ortho nitro benzene ring substituents is 1. The third-order valence-electron chi connectivity index (χ3n) is 2.43. The zero-order valence-corrected chi connectivity index (χ0v) is 10.3. The van der Waals surface area contributed by atoms with Crippen LogP contribution in [0.2, 0.25) is 5.02 Å². The summed E-state index contributed by atoms with van der Waals surface area (Å²) in [5, 5.41) is 21.5. The van der Waals surface area contributed by atoms with Crippen LogP contribution < -0.4 is 5.32 Å². The lowest BCUT2D eigenvalue weighted by atomic mass is 10.2. The number of hydrogen-bond acceptors (Lipinski definition) is 5. The predicted octanol–water partition coefficient (Wildman–Crippen LogP) is 1.99. The van der Waals surface area contributed by atoms with Crippen molar-refractivity contribution in [3.05, 3.63) is 45.2 Å². The molecule has 2 rings (SSSR count). The molecule has 0 aliphatic heterocycles. The molecule has 0 radical (unpaired) electrons. The highest BCUT2D eigenvalue weighted by atomic mass is 35.5. The zero-order chi connectivity index (χ0) is 13.1. The van der Waals surface area contributed by atoms with Crippen LogP contribution in [0, 0.1) is 10.1 Å². The van der Waals surface area contributed by atoms with Crippen molar-refractivity contribution in [3.8, 4) is 0 Å². The van der Waals surface area contributed by atoms with Crippen molar-refractivity contribution in [3.63, 3.8) is 0 Å². The summed E-state index contributed by atoms with van der Waals surface area (Å²) >= 11 is 5.95. The molecular weight excluding hydrogens is 258 g/mol. The van der Waals surface area contributed by atoms with Gasteiger partial charge in [-0.1, -0.05) is 16.8 Å². The fourth-order valence-corrected chi connectivity index (χ4v) is 1.66. The second kappa shape index (κ2) is 5.01. The molecule has 1 aromatic heterocycles. The lowest BCUT2D eigenvalue weighted by Crippen LogP contribution is -2.05. The Labute approximate surface area is 108 Å². The second-order valence-electron chi connectivity index (χ2n) is 3.62. The van der Waals surface area contributed by atoms with Gasteiger partial charge >= 0.3 is 0 Å². The number of nitrogens with zero attached hydrogens (tertiary/aromatic N) is 4. The average Bonchev–Trinajstić information content (AvgIpc) is 2.73. The van der Waals surface area contributed by atoms with Gasteiger partial charge in [-0.3, -0.25) is 14.8 Å². The third kappa shape index (κ3) is 2.57. The highest BCUT2D eigenvalue weighted by molar-refractivity contribution is 6.33. The lowest BCUT2D eigenvalue weighted by molar-refractivity contribution is -0.384. The number of nitrogens with one attached hydrogen (secondary N) is 1. The van der Waals surface area contributed by atoms with Gasteiger partial charge in [0.15, 0.2) is 0 Å². The summed E-state index contributed by atoms with van der Waals surface area (Å²) in [6.45, 7) is 0.487. The van der Waals surface area contributed by atoms with E-state index in [1.807, 2.05) is 0 Å². The van der Waals surface area contributed by atoms with E-state index in [1.54, 1.807) is 24.0 Å². The molecule has 0 unspecified atom stereocenters. The first-order chi connectivity index (χ1) is 8.58. The van der Waals surface area contributed by atoms with Gasteiger partial charge in [-0.2, -0.15) is 0 Å². The Hall–Kier alpha value is -2.15. The number of nitro benzene ring substituents is 1. The van der Waals surface area contributed by atoms with Crippen LogP contribution in [0.5, 0.6) is 0 Å². The standard InChI is InChI=1S/C10H10ClN5O2/c1-15-8(6-13-14-15)5-12-10-3-2-7(16(17)18)4-9(10)11/h2-4,6,12H,5H2,1H3. The van der Waals surface area contributed by atoms with E-state index in [0.29, 0.717) is 17.3 Å². The van der Waals surface area contributed by atoms with Gasteiger partial charge in [0.1, 0.15) is 0 Å². The molecule has 0 bridgehead atoms. The smallest absolute Gasteiger partial charge is 0.271 e. The van der Waals surface area contributed by atoms with Crippen molar-refractivity contribution in [2.45, 2.75) is 6.54 Å². The Bertz CT molecular complexity index is 583. The number of aryl methyl sites for hydroxylation is 1. The van der Waals surface area contributed by atoms with Crippen molar-refractivity contribution < 1.29 is 4.92 Å². The van der Waals surface area contributed by atoms with Crippen LogP contribution in [0.3, 0.4) is 0 Å². The van der Waals surface area contributed by atoms with E-state index in [2.05, 4.69) is 15.6 Å². The first kappa shape index (κ1) is 12.3. The number of halogens is 1. The minimum absolute atomic E-state index is 0.0345. The van der Waals surface area contributed by atoms with E-state index in [4.69, 9.17) is 11.6 Å². The van der Waals surface area contributed by atoms with E-state index in [9.17, 15) is 10.1 Å². The average molecular weight is 268 g/mol. The molecule has 1 heterocycles. The molecule has 1 N–H and O–H groups in total. The van der Waals surface area contributed by atoms with Gasteiger partial charge in [-0.05, 0) is 6.07 Å². The Balaban J connectivity index is 2.11. The molecule has 0 atom stereocenters. The maximum absolute atomic E-state index is 10.6. The van der Waals surface area contributed by atoms with Crippen molar-refractivity contribution in [2.24, 2.45) is 7.05 Å². The van der Waals surface area contributed by atoms with E-state index in [1.165, 1.54) is 12.1 Å². The Morgan fingerprint density at radius 2 is 2.33 bits per heavy atom. The summed E-state index contributed by atoms with van der Waals surface area (Å²) in [6, 6.07) is 4.28. The number of benzene rings is 1. The molecule has 0 spiro atoms. The van der Waals surface area contributed by atoms with Gasteiger partial charge in [0.2, 0.25) is 0 Å². The van der Waals surface area contributed by atoms with Gasteiger partial charge in [-0.15, -0.1) is 5.10 Å². The van der Waals surface area contributed by atoms with E-state index in [-0.39, 0.29) is 5.69 Å². The van der Waals surface area contributed by atoms with Crippen LogP contribution in [-0.4, -0.2) is 19.9 Å². The van der Waals surface area contributed by atoms with Crippen molar-refractivity contribution >= 4 is 23.0 Å².